The molecule has 0 aliphatic carbocycles. The standard InChI is InChI=1S/C28H32N4O3/c1-20-11-14-29-26(17-20)30-19-22-12-15-32(16-13-22)24-9-7-21(8-10-24)18-25(28(34)35)31-27(33)23-5-3-2-4-6-23/h2-11,14,17,22,25H,12-13,15-16,18-19H2,1H3,(H,29,30)(H,31,33)(H,34,35). The van der Waals surface area contributed by atoms with Crippen LogP contribution >= 0.6 is 0 Å². The summed E-state index contributed by atoms with van der Waals surface area (Å²) in [6, 6.07) is 19.7. The summed E-state index contributed by atoms with van der Waals surface area (Å²) in [5, 5.41) is 15.7. The van der Waals surface area contributed by atoms with Gasteiger partial charge in [0.2, 0.25) is 0 Å². The number of hydrogen-bond donors (Lipinski definition) is 3. The molecule has 2 aromatic carbocycles. The maximum atomic E-state index is 12.4. The number of pyridine rings is 1. The number of hydrogen-bond acceptors (Lipinski definition) is 5. The number of carbonyl (C=O) groups excluding carboxylic acids is 1. The molecule has 7 nitrogen and oxygen atoms in total. The highest BCUT2D eigenvalue weighted by Crippen LogP contribution is 2.24. The molecule has 0 spiro atoms. The van der Waals surface area contributed by atoms with Gasteiger partial charge in [0, 0.05) is 43.5 Å². The van der Waals surface area contributed by atoms with Crippen LogP contribution in [0, 0.1) is 12.8 Å². The van der Waals surface area contributed by atoms with E-state index in [1.807, 2.05) is 42.6 Å². The van der Waals surface area contributed by atoms with Crippen LogP contribution in [0.25, 0.3) is 0 Å². The van der Waals surface area contributed by atoms with E-state index in [1.165, 1.54) is 5.56 Å². The van der Waals surface area contributed by atoms with Crippen molar-refractivity contribution in [2.75, 3.05) is 29.9 Å². The van der Waals surface area contributed by atoms with Crippen LogP contribution in [0.2, 0.25) is 0 Å². The summed E-state index contributed by atoms with van der Waals surface area (Å²) in [5.41, 5.74) is 3.66. The Morgan fingerprint density at radius 2 is 1.77 bits per heavy atom. The average Bonchev–Trinajstić information content (AvgIpc) is 2.88. The number of aromatic nitrogens is 1. The number of carboxylic acid groups (broad SMARTS) is 1. The molecule has 35 heavy (non-hydrogen) atoms. The third-order valence-electron chi connectivity index (χ3n) is 6.48. The Bertz CT molecular complexity index is 1130. The third kappa shape index (κ3) is 6.82. The lowest BCUT2D eigenvalue weighted by molar-refractivity contribution is -0.139. The van der Waals surface area contributed by atoms with E-state index in [4.69, 9.17) is 0 Å². The number of piperidine rings is 1. The zero-order valence-electron chi connectivity index (χ0n) is 20.0. The average molecular weight is 473 g/mol. The SMILES string of the molecule is Cc1ccnc(NCC2CCN(c3ccc(CC(NC(=O)c4ccccc4)C(=O)O)cc3)CC2)c1. The Hall–Kier alpha value is -3.87. The van der Waals surface area contributed by atoms with Gasteiger partial charge in [-0.15, -0.1) is 0 Å². The van der Waals surface area contributed by atoms with E-state index in [-0.39, 0.29) is 12.3 Å². The number of carboxylic acids is 1. The normalized spacial score (nSPS) is 14.8. The summed E-state index contributed by atoms with van der Waals surface area (Å²) in [5.74, 6) is 0.111. The van der Waals surface area contributed by atoms with Crippen LogP contribution in [0.15, 0.2) is 72.9 Å². The first-order valence-corrected chi connectivity index (χ1v) is 12.1. The molecule has 1 saturated heterocycles. The van der Waals surface area contributed by atoms with E-state index >= 15 is 0 Å². The predicted molar refractivity (Wildman–Crippen MR) is 138 cm³/mol. The maximum Gasteiger partial charge on any atom is 0.326 e. The molecule has 0 saturated carbocycles. The van der Waals surface area contributed by atoms with Crippen molar-refractivity contribution in [2.24, 2.45) is 5.92 Å². The van der Waals surface area contributed by atoms with Gasteiger partial charge in [0.1, 0.15) is 11.9 Å². The molecule has 0 bridgehead atoms. The molecule has 4 rings (SSSR count). The van der Waals surface area contributed by atoms with E-state index < -0.39 is 12.0 Å². The minimum absolute atomic E-state index is 0.231. The fourth-order valence-corrected chi connectivity index (χ4v) is 4.39. The van der Waals surface area contributed by atoms with Gasteiger partial charge >= 0.3 is 5.97 Å². The van der Waals surface area contributed by atoms with Crippen LogP contribution < -0.4 is 15.5 Å². The lowest BCUT2D eigenvalue weighted by atomic mass is 9.96. The quantitative estimate of drug-likeness (QED) is 0.433. The summed E-state index contributed by atoms with van der Waals surface area (Å²) >= 11 is 0. The molecule has 1 unspecified atom stereocenters. The Morgan fingerprint density at radius 3 is 2.43 bits per heavy atom. The molecule has 3 aromatic rings. The van der Waals surface area contributed by atoms with Crippen molar-refractivity contribution < 1.29 is 14.7 Å². The lowest BCUT2D eigenvalue weighted by Gasteiger charge is -2.34. The molecule has 1 fully saturated rings. The first kappa shape index (κ1) is 24.3. The van der Waals surface area contributed by atoms with Gasteiger partial charge in [-0.05, 0) is 73.2 Å². The Labute approximate surface area is 206 Å². The largest absolute Gasteiger partial charge is 0.480 e. The number of aliphatic carboxylic acids is 1. The molecular formula is C28H32N4O3. The molecule has 1 aliphatic rings. The highest BCUT2D eigenvalue weighted by molar-refractivity contribution is 5.96. The minimum atomic E-state index is -1.05. The fraction of sp³-hybridized carbons (Fsp3) is 0.321. The summed E-state index contributed by atoms with van der Waals surface area (Å²) in [7, 11) is 0. The van der Waals surface area contributed by atoms with Gasteiger partial charge in [-0.2, -0.15) is 0 Å². The molecule has 1 amide bonds. The zero-order valence-corrected chi connectivity index (χ0v) is 20.0. The molecule has 3 N–H and O–H groups in total. The van der Waals surface area contributed by atoms with E-state index in [1.54, 1.807) is 24.3 Å². The minimum Gasteiger partial charge on any atom is -0.480 e. The maximum absolute atomic E-state index is 12.4. The molecule has 1 atom stereocenters. The molecular weight excluding hydrogens is 440 g/mol. The first-order valence-electron chi connectivity index (χ1n) is 12.1. The highest BCUT2D eigenvalue weighted by atomic mass is 16.4. The lowest BCUT2D eigenvalue weighted by Crippen LogP contribution is -2.42. The van der Waals surface area contributed by atoms with Crippen molar-refractivity contribution >= 4 is 23.4 Å². The second-order valence-corrected chi connectivity index (χ2v) is 9.13. The Kier molecular flexibility index (Phi) is 7.98. The predicted octanol–water partition coefficient (Wildman–Crippen LogP) is 4.14. The van der Waals surface area contributed by atoms with Crippen molar-refractivity contribution in [3.63, 3.8) is 0 Å². The number of amides is 1. The van der Waals surface area contributed by atoms with Crippen LogP contribution in [0.4, 0.5) is 11.5 Å². The van der Waals surface area contributed by atoms with Crippen LogP contribution in [-0.2, 0) is 11.2 Å². The van der Waals surface area contributed by atoms with E-state index in [0.29, 0.717) is 11.5 Å². The topological polar surface area (TPSA) is 94.6 Å². The van der Waals surface area contributed by atoms with Gasteiger partial charge in [-0.1, -0.05) is 30.3 Å². The number of benzene rings is 2. The number of rotatable bonds is 9. The van der Waals surface area contributed by atoms with Gasteiger partial charge in [0.15, 0.2) is 0 Å². The number of nitrogens with one attached hydrogen (secondary N) is 2. The van der Waals surface area contributed by atoms with Crippen molar-refractivity contribution in [1.29, 1.82) is 0 Å². The molecule has 1 aromatic heterocycles. The number of carbonyl (C=O) groups is 2. The Morgan fingerprint density at radius 1 is 1.06 bits per heavy atom. The van der Waals surface area contributed by atoms with Crippen LogP contribution in [0.1, 0.15) is 34.3 Å². The van der Waals surface area contributed by atoms with Gasteiger partial charge in [0.05, 0.1) is 0 Å². The van der Waals surface area contributed by atoms with Gasteiger partial charge < -0.3 is 20.6 Å². The highest BCUT2D eigenvalue weighted by Gasteiger charge is 2.22. The second-order valence-electron chi connectivity index (χ2n) is 9.13. The summed E-state index contributed by atoms with van der Waals surface area (Å²) in [6.45, 7) is 4.96. The number of aryl methyl sites for hydroxylation is 1. The zero-order chi connectivity index (χ0) is 24.6. The monoisotopic (exact) mass is 472 g/mol. The van der Waals surface area contributed by atoms with Crippen molar-refractivity contribution in [3.05, 3.63) is 89.6 Å². The van der Waals surface area contributed by atoms with Crippen molar-refractivity contribution in [3.8, 4) is 0 Å². The number of nitrogens with zero attached hydrogens (tertiary/aromatic N) is 2. The molecule has 182 valence electrons. The second kappa shape index (κ2) is 11.5. The smallest absolute Gasteiger partial charge is 0.326 e. The Balaban J connectivity index is 1.27. The van der Waals surface area contributed by atoms with Crippen LogP contribution in [0.5, 0.6) is 0 Å². The van der Waals surface area contributed by atoms with Gasteiger partial charge in [-0.25, -0.2) is 9.78 Å². The van der Waals surface area contributed by atoms with Gasteiger partial charge in [-0.3, -0.25) is 4.79 Å². The van der Waals surface area contributed by atoms with Crippen LogP contribution in [0.3, 0.4) is 0 Å². The first-order chi connectivity index (χ1) is 17.0. The summed E-state index contributed by atoms with van der Waals surface area (Å²) in [6.07, 6.45) is 4.27. The van der Waals surface area contributed by atoms with E-state index in [2.05, 4.69) is 33.5 Å². The molecule has 1 aliphatic heterocycles. The molecule has 7 heteroatoms. The summed E-state index contributed by atoms with van der Waals surface area (Å²) in [4.78, 5) is 30.9. The van der Waals surface area contributed by atoms with E-state index in [0.717, 1.165) is 49.5 Å². The fourth-order valence-electron chi connectivity index (χ4n) is 4.39. The summed E-state index contributed by atoms with van der Waals surface area (Å²) < 4.78 is 0. The third-order valence-corrected chi connectivity index (χ3v) is 6.48. The van der Waals surface area contributed by atoms with Crippen LogP contribution in [-0.4, -0.2) is 47.6 Å². The van der Waals surface area contributed by atoms with Crippen molar-refractivity contribution in [1.82, 2.24) is 10.3 Å². The molecule has 2 heterocycles. The van der Waals surface area contributed by atoms with E-state index in [9.17, 15) is 14.7 Å². The van der Waals surface area contributed by atoms with Crippen molar-refractivity contribution in [2.45, 2.75) is 32.2 Å². The number of anilines is 2. The molecule has 0 radical (unpaired) electrons. The van der Waals surface area contributed by atoms with Gasteiger partial charge in [0.25, 0.3) is 5.91 Å².